The first-order valence-corrected chi connectivity index (χ1v) is 13.5. The number of benzene rings is 2. The van der Waals surface area contributed by atoms with E-state index in [1.165, 1.54) is 0 Å². The highest BCUT2D eigenvalue weighted by Gasteiger charge is 2.17. The highest BCUT2D eigenvalue weighted by atomic mass is 31.2. The molecule has 4 N–H and O–H groups in total. The van der Waals surface area contributed by atoms with Crippen LogP contribution in [-0.2, 0) is 4.57 Å². The lowest BCUT2D eigenvalue weighted by atomic mass is 10.2. The van der Waals surface area contributed by atoms with Crippen LogP contribution in [0.3, 0.4) is 0 Å². The van der Waals surface area contributed by atoms with Crippen molar-refractivity contribution in [1.82, 2.24) is 14.9 Å². The van der Waals surface area contributed by atoms with Crippen LogP contribution in [0.4, 0.5) is 34.5 Å². The van der Waals surface area contributed by atoms with E-state index in [-0.39, 0.29) is 0 Å². The van der Waals surface area contributed by atoms with Gasteiger partial charge in [0.2, 0.25) is 5.95 Å². The maximum absolute atomic E-state index is 12.7. The largest absolute Gasteiger partial charge is 0.494 e. The van der Waals surface area contributed by atoms with Crippen LogP contribution in [0, 0.1) is 0 Å². The van der Waals surface area contributed by atoms with Gasteiger partial charge in [0.15, 0.2) is 0 Å². The Bertz CT molecular complexity index is 1180. The van der Waals surface area contributed by atoms with Crippen molar-refractivity contribution in [2.24, 2.45) is 0 Å². The Morgan fingerprint density at radius 1 is 1.03 bits per heavy atom. The summed E-state index contributed by atoms with van der Waals surface area (Å²) in [6.07, 6.45) is 1.65. The lowest BCUT2D eigenvalue weighted by molar-refractivity contribution is 0.413. The Morgan fingerprint density at radius 3 is 2.44 bits per heavy atom. The maximum atomic E-state index is 12.7. The van der Waals surface area contributed by atoms with Crippen LogP contribution in [0.1, 0.15) is 0 Å². The van der Waals surface area contributed by atoms with Crippen LogP contribution >= 0.6 is 7.14 Å². The molecule has 0 spiro atoms. The summed E-state index contributed by atoms with van der Waals surface area (Å²) in [6.45, 7) is 5.23. The molecule has 1 heterocycles. The van der Waals surface area contributed by atoms with Crippen molar-refractivity contribution in [3.05, 3.63) is 48.7 Å². The summed E-state index contributed by atoms with van der Waals surface area (Å²) < 4.78 is 18.3. The highest BCUT2D eigenvalue weighted by Crippen LogP contribution is 2.38. The first-order valence-electron chi connectivity index (χ1n) is 10.9. The minimum Gasteiger partial charge on any atom is -0.494 e. The number of ether oxygens (including phenoxy) is 1. The SMILES string of the molecule is COc1cc(N(C)CCN(C)C)c(N)cc1Nc1nccc(Nc2ccccc2P(C)(C)=O)n1. The molecule has 3 rings (SSSR count). The number of hydrogen-bond donors (Lipinski definition) is 3. The first-order chi connectivity index (χ1) is 16.1. The summed E-state index contributed by atoms with van der Waals surface area (Å²) in [5.41, 5.74) is 9.29. The number of hydrogen-bond acceptors (Lipinski definition) is 9. The molecule has 1 aromatic heterocycles. The van der Waals surface area contributed by atoms with Gasteiger partial charge in [0.1, 0.15) is 18.7 Å². The van der Waals surface area contributed by atoms with Crippen LogP contribution in [0.25, 0.3) is 0 Å². The van der Waals surface area contributed by atoms with E-state index in [0.29, 0.717) is 28.9 Å². The van der Waals surface area contributed by atoms with Gasteiger partial charge in [0.05, 0.1) is 29.9 Å². The van der Waals surface area contributed by atoms with Crippen molar-refractivity contribution in [1.29, 1.82) is 0 Å². The van der Waals surface area contributed by atoms with E-state index in [1.54, 1.807) is 32.7 Å². The van der Waals surface area contributed by atoms with E-state index >= 15 is 0 Å². The van der Waals surface area contributed by atoms with Crippen LogP contribution < -0.4 is 31.3 Å². The summed E-state index contributed by atoms with van der Waals surface area (Å²) >= 11 is 0. The number of methoxy groups -OCH3 is 1. The van der Waals surface area contributed by atoms with Crippen molar-refractivity contribution in [3.8, 4) is 5.75 Å². The summed E-state index contributed by atoms with van der Waals surface area (Å²) in [5.74, 6) is 1.58. The molecule has 0 amide bonds. The molecule has 9 nitrogen and oxygen atoms in total. The van der Waals surface area contributed by atoms with Gasteiger partial charge in [-0.3, -0.25) is 0 Å². The molecule has 34 heavy (non-hydrogen) atoms. The number of aromatic nitrogens is 2. The molecule has 0 aliphatic heterocycles. The molecule has 0 bridgehead atoms. The van der Waals surface area contributed by atoms with Crippen molar-refractivity contribution in [2.75, 3.05) is 75.9 Å². The third-order valence-electron chi connectivity index (χ3n) is 5.29. The van der Waals surface area contributed by atoms with E-state index in [1.807, 2.05) is 57.5 Å². The third kappa shape index (κ3) is 6.40. The fourth-order valence-electron chi connectivity index (χ4n) is 3.45. The number of rotatable bonds is 10. The predicted molar refractivity (Wildman–Crippen MR) is 143 cm³/mol. The zero-order chi connectivity index (χ0) is 24.9. The fourth-order valence-corrected chi connectivity index (χ4v) is 4.60. The number of likely N-dealkylation sites (N-methyl/N-ethyl adjacent to an activating group) is 2. The van der Waals surface area contributed by atoms with Crippen molar-refractivity contribution in [2.45, 2.75) is 0 Å². The third-order valence-corrected chi connectivity index (χ3v) is 6.84. The van der Waals surface area contributed by atoms with Crippen LogP contribution in [-0.4, -0.2) is 69.5 Å². The molecule has 0 radical (unpaired) electrons. The quantitative estimate of drug-likeness (QED) is 0.293. The number of anilines is 6. The number of nitrogens with one attached hydrogen (secondary N) is 2. The number of nitrogen functional groups attached to an aromatic ring is 1. The lowest BCUT2D eigenvalue weighted by Crippen LogP contribution is -2.29. The molecule has 0 aliphatic rings. The number of para-hydroxylation sites is 1. The molecular formula is C24H34N7O2P. The molecule has 10 heteroatoms. The van der Waals surface area contributed by atoms with Gasteiger partial charge in [0, 0.05) is 37.7 Å². The average Bonchev–Trinajstić information content (AvgIpc) is 2.77. The standard InChI is InChI=1S/C24H34N7O2P/c1-30(2)13-14-31(3)20-16-21(33-4)19(15-17(20)25)28-24-26-12-11-23(29-24)27-18-9-7-8-10-22(18)34(5,6)32/h7-12,15-16H,13-14,25H2,1-6H3,(H2,26,27,28,29). The predicted octanol–water partition coefficient (Wildman–Crippen LogP) is 3.80. The van der Waals surface area contributed by atoms with E-state index in [2.05, 4.69) is 30.4 Å². The zero-order valence-corrected chi connectivity index (χ0v) is 21.6. The van der Waals surface area contributed by atoms with Gasteiger partial charge in [-0.2, -0.15) is 4.98 Å². The van der Waals surface area contributed by atoms with Crippen molar-refractivity contribution in [3.63, 3.8) is 0 Å². The Hall–Kier alpha value is -3.29. The Morgan fingerprint density at radius 2 is 1.76 bits per heavy atom. The summed E-state index contributed by atoms with van der Waals surface area (Å²) in [5, 5.41) is 7.24. The van der Waals surface area contributed by atoms with Crippen molar-refractivity contribution < 1.29 is 9.30 Å². The lowest BCUT2D eigenvalue weighted by Gasteiger charge is -2.24. The first kappa shape index (κ1) is 25.3. The van der Waals surface area contributed by atoms with E-state index in [9.17, 15) is 4.57 Å². The second-order valence-electron chi connectivity index (χ2n) is 8.72. The molecule has 0 fully saturated rings. The second-order valence-corrected chi connectivity index (χ2v) is 11.9. The van der Waals surface area contributed by atoms with Crippen LogP contribution in [0.5, 0.6) is 5.75 Å². The van der Waals surface area contributed by atoms with Gasteiger partial charge in [-0.05, 0) is 51.7 Å². The molecule has 0 unspecified atom stereocenters. The van der Waals surface area contributed by atoms with Gasteiger partial charge in [-0.15, -0.1) is 0 Å². The van der Waals surface area contributed by atoms with E-state index in [0.717, 1.165) is 29.8 Å². The zero-order valence-electron chi connectivity index (χ0n) is 20.7. The average molecular weight is 484 g/mol. The monoisotopic (exact) mass is 483 g/mol. The molecule has 182 valence electrons. The summed E-state index contributed by atoms with van der Waals surface area (Å²) in [6, 6.07) is 13.0. The minimum absolute atomic E-state index is 0.380. The number of nitrogens with zero attached hydrogens (tertiary/aromatic N) is 4. The molecule has 0 aliphatic carbocycles. The van der Waals surface area contributed by atoms with E-state index < -0.39 is 7.14 Å². The minimum atomic E-state index is -2.46. The van der Waals surface area contributed by atoms with Gasteiger partial charge in [-0.1, -0.05) is 12.1 Å². The Kier molecular flexibility index (Phi) is 8.02. The molecule has 0 atom stereocenters. The molecule has 2 aromatic carbocycles. The molecule has 0 saturated carbocycles. The van der Waals surface area contributed by atoms with Gasteiger partial charge in [-0.25, -0.2) is 4.98 Å². The highest BCUT2D eigenvalue weighted by molar-refractivity contribution is 7.70. The Balaban J connectivity index is 1.84. The second kappa shape index (κ2) is 10.8. The summed E-state index contributed by atoms with van der Waals surface area (Å²) in [4.78, 5) is 13.1. The van der Waals surface area contributed by atoms with Gasteiger partial charge in [0.25, 0.3) is 0 Å². The number of nitrogens with two attached hydrogens (primary N) is 1. The normalized spacial score (nSPS) is 11.4. The topological polar surface area (TPSA) is 109 Å². The van der Waals surface area contributed by atoms with Crippen LogP contribution in [0.15, 0.2) is 48.7 Å². The Labute approximate surface area is 201 Å². The van der Waals surface area contributed by atoms with Gasteiger partial charge < -0.3 is 35.5 Å². The van der Waals surface area contributed by atoms with Crippen LogP contribution in [0.2, 0.25) is 0 Å². The summed E-state index contributed by atoms with van der Waals surface area (Å²) in [7, 11) is 5.23. The van der Waals surface area contributed by atoms with E-state index in [4.69, 9.17) is 10.5 Å². The smallest absolute Gasteiger partial charge is 0.229 e. The van der Waals surface area contributed by atoms with Gasteiger partial charge >= 0.3 is 0 Å². The molecular weight excluding hydrogens is 449 g/mol. The molecule has 0 saturated heterocycles. The fraction of sp³-hybridized carbons (Fsp3) is 0.333. The van der Waals surface area contributed by atoms with Crippen molar-refractivity contribution >= 4 is 47.0 Å². The maximum Gasteiger partial charge on any atom is 0.229 e. The molecule has 3 aromatic rings.